The van der Waals surface area contributed by atoms with Gasteiger partial charge in [-0.2, -0.15) is 0 Å². The van der Waals surface area contributed by atoms with Gasteiger partial charge in [-0.05, 0) is 41.1 Å². The molecule has 0 N–H and O–H groups in total. The molecule has 5 aromatic rings. The third-order valence-electron chi connectivity index (χ3n) is 5.06. The Morgan fingerprint density at radius 2 is 1.49 bits per heavy atom. The Labute approximate surface area is 215 Å². The van der Waals surface area contributed by atoms with Gasteiger partial charge >= 0.3 is 0 Å². The molecule has 3 aromatic carbocycles. The Hall–Kier alpha value is -3.60. The number of nitrogens with zero attached hydrogens (tertiary/aromatic N) is 2. The molecule has 2 heterocycles. The van der Waals surface area contributed by atoms with Gasteiger partial charge in [0.1, 0.15) is 5.82 Å². The summed E-state index contributed by atoms with van der Waals surface area (Å²) in [5.41, 5.74) is 4.72. The van der Waals surface area contributed by atoms with Crippen LogP contribution in [0.4, 0.5) is 13.2 Å². The van der Waals surface area contributed by atoms with E-state index in [9.17, 15) is 13.2 Å². The van der Waals surface area contributed by atoms with E-state index in [1.54, 1.807) is 18.5 Å². The van der Waals surface area contributed by atoms with Crippen LogP contribution in [-0.4, -0.2) is 9.97 Å². The van der Waals surface area contributed by atoms with Crippen LogP contribution >= 0.6 is 0 Å². The molecule has 2 nitrogen and oxygen atoms in total. The summed E-state index contributed by atoms with van der Waals surface area (Å²) in [5.74, 6) is -4.07. The molecule has 0 unspecified atom stereocenters. The van der Waals surface area contributed by atoms with Crippen molar-refractivity contribution < 1.29 is 33.3 Å². The summed E-state index contributed by atoms with van der Waals surface area (Å²) < 4.78 is 40.3. The fourth-order valence-electron chi connectivity index (χ4n) is 3.33. The molecule has 177 valence electrons. The Balaban J connectivity index is 0.000000223. The van der Waals surface area contributed by atoms with E-state index in [0.717, 1.165) is 34.0 Å². The maximum atomic E-state index is 13.9. The second kappa shape index (κ2) is 12.2. The minimum absolute atomic E-state index is 0. The number of pyridine rings is 2. The molecule has 0 atom stereocenters. The second-order valence-corrected chi connectivity index (χ2v) is 7.38. The molecule has 0 bridgehead atoms. The maximum Gasteiger partial charge on any atom is 0.111 e. The number of halogens is 3. The standard InChI is InChI=1S/C18H11F3N.C11H8N.Ir/c1-11-10-22-16(9-14(11)12-5-3-2-4-6-12)13-7-8-15(19)18(21)17(13)20;1-2-6-10(7-3-1)11-8-4-5-9-12-11;/h2-6,8-10H,1H3;1-6,8-9H;/q2*-1;. The van der Waals surface area contributed by atoms with Gasteiger partial charge in [0.25, 0.3) is 0 Å². The summed E-state index contributed by atoms with van der Waals surface area (Å²) in [6, 6.07) is 31.1. The van der Waals surface area contributed by atoms with Gasteiger partial charge in [0.15, 0.2) is 0 Å². The molecule has 0 aliphatic heterocycles. The fraction of sp³-hybridized carbons (Fsp3) is 0.0345. The molecule has 0 saturated heterocycles. The van der Waals surface area contributed by atoms with Gasteiger partial charge < -0.3 is 9.97 Å². The van der Waals surface area contributed by atoms with Gasteiger partial charge in [-0.1, -0.05) is 54.1 Å². The summed E-state index contributed by atoms with van der Waals surface area (Å²) >= 11 is 0. The maximum absolute atomic E-state index is 13.9. The first-order chi connectivity index (χ1) is 16.5. The van der Waals surface area contributed by atoms with Crippen molar-refractivity contribution in [2.24, 2.45) is 0 Å². The van der Waals surface area contributed by atoms with Crippen molar-refractivity contribution in [1.82, 2.24) is 9.97 Å². The van der Waals surface area contributed by atoms with E-state index in [4.69, 9.17) is 0 Å². The number of hydrogen-bond donors (Lipinski definition) is 0. The Morgan fingerprint density at radius 1 is 0.743 bits per heavy atom. The van der Waals surface area contributed by atoms with Gasteiger partial charge in [0.2, 0.25) is 0 Å². The van der Waals surface area contributed by atoms with Crippen LogP contribution in [0.1, 0.15) is 5.56 Å². The molecule has 1 radical (unpaired) electrons. The summed E-state index contributed by atoms with van der Waals surface area (Å²) in [6.07, 6.45) is 3.36. The Bertz CT molecular complexity index is 1340. The van der Waals surface area contributed by atoms with Crippen LogP contribution in [0.3, 0.4) is 0 Å². The molecule has 2 aromatic heterocycles. The van der Waals surface area contributed by atoms with Crippen molar-refractivity contribution >= 4 is 0 Å². The SMILES string of the molecule is Cc1cnc(-c2[c-]cc(F)c(F)c2F)cc1-c1ccccc1.[Ir].[c-]1ccccc1-c1ccccn1. The van der Waals surface area contributed by atoms with Gasteiger partial charge in [-0.3, -0.25) is 8.78 Å². The molecule has 0 spiro atoms. The molecule has 0 amide bonds. The first-order valence-electron chi connectivity index (χ1n) is 10.5. The quantitative estimate of drug-likeness (QED) is 0.150. The molecule has 6 heteroatoms. The van der Waals surface area contributed by atoms with E-state index in [1.807, 2.05) is 79.7 Å². The smallest absolute Gasteiger partial charge is 0.111 e. The van der Waals surface area contributed by atoms with E-state index in [-0.39, 0.29) is 31.4 Å². The molecule has 0 saturated carbocycles. The van der Waals surface area contributed by atoms with Crippen LogP contribution in [0.15, 0.2) is 97.3 Å². The number of aromatic nitrogens is 2. The zero-order chi connectivity index (χ0) is 23.9. The molecule has 0 fully saturated rings. The van der Waals surface area contributed by atoms with E-state index in [0.29, 0.717) is 0 Å². The van der Waals surface area contributed by atoms with E-state index in [1.165, 1.54) is 0 Å². The van der Waals surface area contributed by atoms with Crippen LogP contribution < -0.4 is 0 Å². The largest absolute Gasteiger partial charge is 0.305 e. The minimum atomic E-state index is -1.52. The number of benzene rings is 3. The van der Waals surface area contributed by atoms with Gasteiger partial charge in [-0.25, -0.2) is 4.39 Å². The van der Waals surface area contributed by atoms with Crippen molar-refractivity contribution in [1.29, 1.82) is 0 Å². The van der Waals surface area contributed by atoms with Gasteiger partial charge in [0, 0.05) is 32.5 Å². The summed E-state index contributed by atoms with van der Waals surface area (Å²) in [7, 11) is 0. The third-order valence-corrected chi connectivity index (χ3v) is 5.06. The first kappa shape index (κ1) is 26.0. The summed E-state index contributed by atoms with van der Waals surface area (Å²) in [4.78, 5) is 8.32. The Kier molecular flexibility index (Phi) is 9.07. The number of aryl methyl sites for hydroxylation is 1. The average Bonchev–Trinajstić information content (AvgIpc) is 2.90. The predicted molar refractivity (Wildman–Crippen MR) is 127 cm³/mol. The zero-order valence-corrected chi connectivity index (χ0v) is 21.0. The van der Waals surface area contributed by atoms with Gasteiger partial charge in [0.05, 0.1) is 11.6 Å². The van der Waals surface area contributed by atoms with E-state index >= 15 is 0 Å². The van der Waals surface area contributed by atoms with Gasteiger partial charge in [-0.15, -0.1) is 48.0 Å². The molecule has 35 heavy (non-hydrogen) atoms. The number of hydrogen-bond acceptors (Lipinski definition) is 2. The van der Waals surface area contributed by atoms with Crippen molar-refractivity contribution in [3.63, 3.8) is 0 Å². The molecular formula is C29H19F3IrN2-2. The predicted octanol–water partition coefficient (Wildman–Crippen LogP) is 7.49. The van der Waals surface area contributed by atoms with Crippen molar-refractivity contribution in [3.05, 3.63) is 132 Å². The zero-order valence-electron chi connectivity index (χ0n) is 18.6. The molecule has 0 aliphatic rings. The topological polar surface area (TPSA) is 25.8 Å². The van der Waals surface area contributed by atoms with E-state index < -0.39 is 17.5 Å². The van der Waals surface area contributed by atoms with Crippen LogP contribution in [0, 0.1) is 36.5 Å². The minimum Gasteiger partial charge on any atom is -0.305 e. The summed E-state index contributed by atoms with van der Waals surface area (Å²) in [5, 5.41) is 0. The Morgan fingerprint density at radius 3 is 2.17 bits per heavy atom. The van der Waals surface area contributed by atoms with Crippen molar-refractivity contribution in [3.8, 4) is 33.6 Å². The van der Waals surface area contributed by atoms with E-state index in [2.05, 4.69) is 22.1 Å². The van der Waals surface area contributed by atoms with Crippen molar-refractivity contribution in [2.45, 2.75) is 6.92 Å². The molecule has 5 rings (SSSR count). The van der Waals surface area contributed by atoms with Crippen LogP contribution in [0.25, 0.3) is 33.6 Å². The van der Waals surface area contributed by atoms with Crippen LogP contribution in [0.2, 0.25) is 0 Å². The number of rotatable bonds is 3. The van der Waals surface area contributed by atoms with Crippen LogP contribution in [0.5, 0.6) is 0 Å². The molecule has 0 aliphatic carbocycles. The molecular weight excluding hydrogens is 626 g/mol. The van der Waals surface area contributed by atoms with Crippen LogP contribution in [-0.2, 0) is 20.1 Å². The van der Waals surface area contributed by atoms with Crippen molar-refractivity contribution in [2.75, 3.05) is 0 Å². The average molecular weight is 645 g/mol. The summed E-state index contributed by atoms with van der Waals surface area (Å²) in [6.45, 7) is 1.88. The monoisotopic (exact) mass is 645 g/mol. The fourth-order valence-corrected chi connectivity index (χ4v) is 3.33. The second-order valence-electron chi connectivity index (χ2n) is 7.38. The normalized spacial score (nSPS) is 10.1. The third kappa shape index (κ3) is 6.30. The first-order valence-corrected chi connectivity index (χ1v) is 10.5.